The summed E-state index contributed by atoms with van der Waals surface area (Å²) in [5, 5.41) is 0. The van der Waals surface area contributed by atoms with Gasteiger partial charge in [0.15, 0.2) is 0 Å². The number of rotatable bonds is 6. The first-order valence-electron chi connectivity index (χ1n) is 7.92. The first kappa shape index (κ1) is 15.7. The standard InChI is InChI=1S/C19H26N2/c1-14(2)11-16-7-5-9-18(20-16)13-19-10-6-8-17(21-19)12-15(3)4/h5-10,14-15H,11-13H2,1-4H3. The van der Waals surface area contributed by atoms with E-state index in [0.717, 1.165) is 30.7 Å². The van der Waals surface area contributed by atoms with E-state index in [9.17, 15) is 0 Å². The van der Waals surface area contributed by atoms with Gasteiger partial charge in [0.25, 0.3) is 0 Å². The maximum absolute atomic E-state index is 4.76. The fraction of sp³-hybridized carbons (Fsp3) is 0.474. The molecule has 21 heavy (non-hydrogen) atoms. The summed E-state index contributed by atoms with van der Waals surface area (Å²) in [4.78, 5) is 9.52. The third-order valence-corrected chi connectivity index (χ3v) is 3.33. The molecule has 112 valence electrons. The van der Waals surface area contributed by atoms with Crippen molar-refractivity contribution in [2.75, 3.05) is 0 Å². The van der Waals surface area contributed by atoms with Crippen LogP contribution in [0.1, 0.15) is 50.5 Å². The molecule has 0 bridgehead atoms. The van der Waals surface area contributed by atoms with Crippen LogP contribution in [-0.4, -0.2) is 9.97 Å². The maximum Gasteiger partial charge on any atom is 0.0466 e. The molecule has 0 saturated heterocycles. The molecule has 0 atom stereocenters. The third-order valence-electron chi connectivity index (χ3n) is 3.33. The second kappa shape index (κ2) is 7.35. The Morgan fingerprint density at radius 1 is 0.667 bits per heavy atom. The molecule has 0 N–H and O–H groups in total. The summed E-state index contributed by atoms with van der Waals surface area (Å²) < 4.78 is 0. The molecule has 0 fully saturated rings. The van der Waals surface area contributed by atoms with Crippen LogP contribution in [0.2, 0.25) is 0 Å². The Hall–Kier alpha value is -1.70. The van der Waals surface area contributed by atoms with Crippen molar-refractivity contribution in [1.29, 1.82) is 0 Å². The zero-order valence-electron chi connectivity index (χ0n) is 13.6. The van der Waals surface area contributed by atoms with Gasteiger partial charge in [0.05, 0.1) is 0 Å². The average Bonchev–Trinajstić information content (AvgIpc) is 2.37. The zero-order valence-corrected chi connectivity index (χ0v) is 13.6. The quantitative estimate of drug-likeness (QED) is 0.781. The first-order valence-corrected chi connectivity index (χ1v) is 7.92. The maximum atomic E-state index is 4.76. The van der Waals surface area contributed by atoms with Gasteiger partial charge in [0.2, 0.25) is 0 Å². The predicted molar refractivity (Wildman–Crippen MR) is 88.4 cm³/mol. The van der Waals surface area contributed by atoms with Crippen molar-refractivity contribution in [3.63, 3.8) is 0 Å². The number of hydrogen-bond acceptors (Lipinski definition) is 2. The van der Waals surface area contributed by atoms with E-state index in [2.05, 4.69) is 64.1 Å². The Morgan fingerprint density at radius 3 is 1.43 bits per heavy atom. The van der Waals surface area contributed by atoms with Gasteiger partial charge in [-0.25, -0.2) is 0 Å². The molecule has 0 aliphatic rings. The van der Waals surface area contributed by atoms with Gasteiger partial charge in [0, 0.05) is 29.2 Å². The van der Waals surface area contributed by atoms with Crippen molar-refractivity contribution in [1.82, 2.24) is 9.97 Å². The molecule has 0 aliphatic heterocycles. The molecular weight excluding hydrogens is 256 g/mol. The van der Waals surface area contributed by atoms with Crippen molar-refractivity contribution in [2.45, 2.75) is 47.0 Å². The predicted octanol–water partition coefficient (Wildman–Crippen LogP) is 4.46. The minimum Gasteiger partial charge on any atom is -0.257 e. The molecule has 0 unspecified atom stereocenters. The van der Waals surface area contributed by atoms with E-state index in [4.69, 9.17) is 9.97 Å². The Kier molecular flexibility index (Phi) is 5.49. The van der Waals surface area contributed by atoms with Gasteiger partial charge in [-0.3, -0.25) is 9.97 Å². The second-order valence-electron chi connectivity index (χ2n) is 6.61. The average molecular weight is 282 g/mol. The molecule has 2 rings (SSSR count). The largest absolute Gasteiger partial charge is 0.257 e. The molecule has 0 aromatic carbocycles. The molecule has 0 amide bonds. The van der Waals surface area contributed by atoms with Crippen LogP contribution in [-0.2, 0) is 19.3 Å². The van der Waals surface area contributed by atoms with Gasteiger partial charge in [-0.05, 0) is 48.9 Å². The molecule has 0 spiro atoms. The lowest BCUT2D eigenvalue weighted by Gasteiger charge is -2.08. The second-order valence-corrected chi connectivity index (χ2v) is 6.61. The van der Waals surface area contributed by atoms with Crippen LogP contribution >= 0.6 is 0 Å². The van der Waals surface area contributed by atoms with Crippen molar-refractivity contribution in [2.24, 2.45) is 11.8 Å². The third kappa shape index (κ3) is 5.30. The molecule has 0 saturated carbocycles. The van der Waals surface area contributed by atoms with Gasteiger partial charge >= 0.3 is 0 Å². The van der Waals surface area contributed by atoms with E-state index in [1.54, 1.807) is 0 Å². The Bertz CT molecular complexity index is 522. The summed E-state index contributed by atoms with van der Waals surface area (Å²) in [6.45, 7) is 8.91. The molecule has 2 aromatic rings. The van der Waals surface area contributed by atoms with Crippen molar-refractivity contribution >= 4 is 0 Å². The Labute approximate surface area is 128 Å². The number of pyridine rings is 2. The normalized spacial score (nSPS) is 11.3. The summed E-state index contributed by atoms with van der Waals surface area (Å²) in [5.41, 5.74) is 4.59. The highest BCUT2D eigenvalue weighted by molar-refractivity contribution is 5.20. The van der Waals surface area contributed by atoms with Crippen LogP contribution in [0.3, 0.4) is 0 Å². The van der Waals surface area contributed by atoms with Crippen molar-refractivity contribution in [3.05, 3.63) is 59.2 Å². The number of hydrogen-bond donors (Lipinski definition) is 0. The van der Waals surface area contributed by atoms with E-state index >= 15 is 0 Å². The van der Waals surface area contributed by atoms with Crippen molar-refractivity contribution in [3.8, 4) is 0 Å². The molecule has 2 nitrogen and oxygen atoms in total. The zero-order chi connectivity index (χ0) is 15.2. The summed E-state index contributed by atoms with van der Waals surface area (Å²) in [6.07, 6.45) is 2.89. The molecule has 2 heteroatoms. The minimum atomic E-state index is 0.639. The van der Waals surface area contributed by atoms with Gasteiger partial charge in [0.1, 0.15) is 0 Å². The number of aromatic nitrogens is 2. The highest BCUT2D eigenvalue weighted by Gasteiger charge is 2.05. The smallest absolute Gasteiger partial charge is 0.0466 e. The Morgan fingerprint density at radius 2 is 1.05 bits per heavy atom. The van der Waals surface area contributed by atoms with Gasteiger partial charge in [-0.15, -0.1) is 0 Å². The summed E-state index contributed by atoms with van der Waals surface area (Å²) in [7, 11) is 0. The summed E-state index contributed by atoms with van der Waals surface area (Å²) >= 11 is 0. The molecule has 2 aromatic heterocycles. The van der Waals surface area contributed by atoms with E-state index < -0.39 is 0 Å². The highest BCUT2D eigenvalue weighted by Crippen LogP contribution is 2.11. The SMILES string of the molecule is CC(C)Cc1cccc(Cc2cccc(CC(C)C)n2)n1. The Balaban J connectivity index is 2.10. The fourth-order valence-electron chi connectivity index (χ4n) is 2.50. The van der Waals surface area contributed by atoms with E-state index in [-0.39, 0.29) is 0 Å². The van der Waals surface area contributed by atoms with Crippen LogP contribution < -0.4 is 0 Å². The first-order chi connectivity index (χ1) is 10.0. The van der Waals surface area contributed by atoms with Crippen molar-refractivity contribution < 1.29 is 0 Å². The van der Waals surface area contributed by atoms with E-state index in [1.165, 1.54) is 11.4 Å². The lowest BCUT2D eigenvalue weighted by atomic mass is 10.1. The van der Waals surface area contributed by atoms with Gasteiger partial charge < -0.3 is 0 Å². The monoisotopic (exact) mass is 282 g/mol. The summed E-state index contributed by atoms with van der Waals surface area (Å²) in [6, 6.07) is 12.6. The molecular formula is C19H26N2. The lowest BCUT2D eigenvalue weighted by Crippen LogP contribution is -2.03. The van der Waals surface area contributed by atoms with Crippen LogP contribution in [0.4, 0.5) is 0 Å². The topological polar surface area (TPSA) is 25.8 Å². The van der Waals surface area contributed by atoms with E-state index in [0.29, 0.717) is 11.8 Å². The lowest BCUT2D eigenvalue weighted by molar-refractivity contribution is 0.631. The van der Waals surface area contributed by atoms with Gasteiger partial charge in [-0.2, -0.15) is 0 Å². The van der Waals surface area contributed by atoms with E-state index in [1.807, 2.05) is 0 Å². The molecule has 2 heterocycles. The minimum absolute atomic E-state index is 0.639. The number of nitrogens with zero attached hydrogens (tertiary/aromatic N) is 2. The van der Waals surface area contributed by atoms with Crippen LogP contribution in [0, 0.1) is 11.8 Å². The summed E-state index contributed by atoms with van der Waals surface area (Å²) in [5.74, 6) is 1.28. The molecule has 0 radical (unpaired) electrons. The fourth-order valence-corrected chi connectivity index (χ4v) is 2.50. The van der Waals surface area contributed by atoms with Crippen LogP contribution in [0.25, 0.3) is 0 Å². The van der Waals surface area contributed by atoms with Gasteiger partial charge in [-0.1, -0.05) is 39.8 Å². The van der Waals surface area contributed by atoms with Crippen LogP contribution in [0.5, 0.6) is 0 Å². The molecule has 0 aliphatic carbocycles. The van der Waals surface area contributed by atoms with Crippen LogP contribution in [0.15, 0.2) is 36.4 Å². The highest BCUT2D eigenvalue weighted by atomic mass is 14.7.